The summed E-state index contributed by atoms with van der Waals surface area (Å²) in [4.78, 5) is 4.59. The average molecular weight is 473 g/mol. The summed E-state index contributed by atoms with van der Waals surface area (Å²) in [7, 11) is -3.20. The van der Waals surface area contributed by atoms with Crippen molar-refractivity contribution in [1.82, 2.24) is 4.90 Å². The molecule has 7 nitrogen and oxygen atoms in total. The predicted molar refractivity (Wildman–Crippen MR) is 134 cm³/mol. The van der Waals surface area contributed by atoms with E-state index in [9.17, 15) is 8.42 Å². The van der Waals surface area contributed by atoms with Crippen LogP contribution in [0.2, 0.25) is 0 Å². The summed E-state index contributed by atoms with van der Waals surface area (Å²) in [5.74, 6) is 1.27. The third-order valence-electron chi connectivity index (χ3n) is 6.12. The lowest BCUT2D eigenvalue weighted by Crippen LogP contribution is -2.51. The van der Waals surface area contributed by atoms with E-state index in [0.717, 1.165) is 49.2 Å². The Kier molecular flexibility index (Phi) is 8.74. The zero-order valence-electron chi connectivity index (χ0n) is 19.7. The molecule has 3 rings (SSSR count). The minimum absolute atomic E-state index is 0.301. The third-order valence-corrected chi connectivity index (χ3v) is 7.25. The molecule has 0 amide bonds. The summed E-state index contributed by atoms with van der Waals surface area (Å²) in [6.45, 7) is 4.76. The fourth-order valence-corrected chi connectivity index (χ4v) is 4.82. The fraction of sp³-hybridized carbons (Fsp3) is 0.480. The number of guanidine groups is 1. The monoisotopic (exact) mass is 472 g/mol. The van der Waals surface area contributed by atoms with E-state index >= 15 is 0 Å². The average Bonchev–Trinajstić information content (AvgIpc) is 2.83. The lowest BCUT2D eigenvalue weighted by atomic mass is 10.0. The van der Waals surface area contributed by atoms with Crippen molar-refractivity contribution in [2.75, 3.05) is 30.8 Å². The molecule has 2 aromatic rings. The van der Waals surface area contributed by atoms with Gasteiger partial charge in [-0.2, -0.15) is 0 Å². The Morgan fingerprint density at radius 2 is 1.85 bits per heavy atom. The van der Waals surface area contributed by atoms with Gasteiger partial charge >= 0.3 is 0 Å². The number of rotatable bonds is 9. The van der Waals surface area contributed by atoms with Crippen molar-refractivity contribution in [1.29, 1.82) is 5.41 Å². The first-order valence-corrected chi connectivity index (χ1v) is 13.6. The Balaban J connectivity index is 1.67. The van der Waals surface area contributed by atoms with Crippen LogP contribution in [0.4, 0.5) is 5.69 Å². The molecule has 1 atom stereocenters. The van der Waals surface area contributed by atoms with Gasteiger partial charge in [0.15, 0.2) is 15.8 Å². The Morgan fingerprint density at radius 3 is 2.45 bits per heavy atom. The number of likely N-dealkylation sites (tertiary alicyclic amines) is 1. The maximum atomic E-state index is 11.6. The molecule has 1 unspecified atom stereocenters. The van der Waals surface area contributed by atoms with Crippen LogP contribution >= 0.6 is 0 Å². The number of nitrogens with one attached hydrogen (secondary N) is 1. The first kappa shape index (κ1) is 25.1. The number of piperidine rings is 1. The topological polar surface area (TPSA) is 99.7 Å². The lowest BCUT2D eigenvalue weighted by Gasteiger charge is -2.41. The van der Waals surface area contributed by atoms with Crippen molar-refractivity contribution in [3.63, 3.8) is 0 Å². The van der Waals surface area contributed by atoms with Crippen molar-refractivity contribution < 1.29 is 13.2 Å². The highest BCUT2D eigenvalue weighted by molar-refractivity contribution is 7.90. The second kappa shape index (κ2) is 11.5. The molecule has 3 N–H and O–H groups in total. The molecule has 1 aliphatic heterocycles. The molecule has 0 aromatic heterocycles. The first-order chi connectivity index (χ1) is 15.8. The van der Waals surface area contributed by atoms with E-state index in [1.54, 1.807) is 24.3 Å². The Morgan fingerprint density at radius 1 is 1.15 bits per heavy atom. The van der Waals surface area contributed by atoms with Gasteiger partial charge in [-0.25, -0.2) is 8.42 Å². The van der Waals surface area contributed by atoms with Crippen molar-refractivity contribution in [3.8, 4) is 5.75 Å². The molecule has 33 heavy (non-hydrogen) atoms. The molecule has 1 saturated heterocycles. The molecule has 1 fully saturated rings. The largest absolute Gasteiger partial charge is 0.489 e. The van der Waals surface area contributed by atoms with E-state index in [4.69, 9.17) is 15.9 Å². The number of anilines is 1. The van der Waals surface area contributed by atoms with Crippen LogP contribution in [0.1, 0.15) is 44.6 Å². The zero-order chi connectivity index (χ0) is 23.8. The van der Waals surface area contributed by atoms with E-state index in [0.29, 0.717) is 36.6 Å². The maximum Gasteiger partial charge on any atom is 0.198 e. The van der Waals surface area contributed by atoms with Gasteiger partial charge in [-0.1, -0.05) is 19.1 Å². The smallest absolute Gasteiger partial charge is 0.198 e. The molecule has 0 saturated carbocycles. The summed E-state index contributed by atoms with van der Waals surface area (Å²) in [6, 6.07) is 14.9. The van der Waals surface area contributed by atoms with Crippen LogP contribution in [-0.2, 0) is 16.4 Å². The summed E-state index contributed by atoms with van der Waals surface area (Å²) >= 11 is 0. The van der Waals surface area contributed by atoms with Gasteiger partial charge in [0.1, 0.15) is 12.4 Å². The van der Waals surface area contributed by atoms with Gasteiger partial charge in [0.05, 0.1) is 4.90 Å². The van der Waals surface area contributed by atoms with E-state index < -0.39 is 9.84 Å². The van der Waals surface area contributed by atoms with Gasteiger partial charge in [0, 0.05) is 31.1 Å². The number of sulfone groups is 1. The minimum atomic E-state index is -3.20. The normalized spacial score (nSPS) is 16.5. The highest BCUT2D eigenvalue weighted by Gasteiger charge is 2.27. The Hall–Kier alpha value is -2.58. The molecule has 8 heteroatoms. The van der Waals surface area contributed by atoms with Gasteiger partial charge in [-0.3, -0.25) is 5.41 Å². The van der Waals surface area contributed by atoms with E-state index in [1.165, 1.54) is 12.7 Å². The zero-order valence-corrected chi connectivity index (χ0v) is 20.5. The molecule has 0 bridgehead atoms. The predicted octanol–water partition coefficient (Wildman–Crippen LogP) is 4.02. The fourth-order valence-electron chi connectivity index (χ4n) is 4.19. The first-order valence-electron chi connectivity index (χ1n) is 11.7. The van der Waals surface area contributed by atoms with Crippen LogP contribution in [0, 0.1) is 5.41 Å². The summed E-state index contributed by atoms with van der Waals surface area (Å²) in [5, 5.41) is 8.94. The van der Waals surface area contributed by atoms with Crippen molar-refractivity contribution >= 4 is 21.5 Å². The van der Waals surface area contributed by atoms with Crippen LogP contribution in [0.25, 0.3) is 0 Å². The van der Waals surface area contributed by atoms with E-state index in [2.05, 4.69) is 16.7 Å². The number of benzene rings is 2. The van der Waals surface area contributed by atoms with Crippen LogP contribution in [0.3, 0.4) is 0 Å². The second-order valence-electron chi connectivity index (χ2n) is 8.57. The number of nitrogens with two attached hydrogens (primary N) is 1. The van der Waals surface area contributed by atoms with Crippen LogP contribution in [0.15, 0.2) is 53.4 Å². The molecule has 0 aliphatic carbocycles. The molecule has 180 valence electrons. The third kappa shape index (κ3) is 6.71. The van der Waals surface area contributed by atoms with Crippen molar-refractivity contribution in [2.24, 2.45) is 5.73 Å². The quantitative estimate of drug-likeness (QED) is 0.422. The van der Waals surface area contributed by atoms with Crippen molar-refractivity contribution in [3.05, 3.63) is 54.1 Å². The molecular formula is C25H36N4O3S. The van der Waals surface area contributed by atoms with Gasteiger partial charge in [-0.05, 0) is 80.6 Å². The Labute approximate surface area is 198 Å². The number of hydrogen-bond donors (Lipinski definition) is 2. The van der Waals surface area contributed by atoms with Crippen LogP contribution in [0.5, 0.6) is 5.75 Å². The number of ether oxygens (including phenoxy) is 1. The Bertz CT molecular complexity index is 1010. The number of nitrogens with zero attached hydrogens (tertiary/aromatic N) is 2. The second-order valence-corrected chi connectivity index (χ2v) is 10.6. The molecule has 1 heterocycles. The maximum absolute atomic E-state index is 11.6. The standard InChI is InChI=1S/C25H36N4O3S/c1-3-21-7-4-5-17-28(21)25(27)29(18-6-16-26)22-10-12-23(13-11-22)32-19-20-8-14-24(15-9-20)33(2,30)31/h8-15,21,27H,3-7,16-19,26H2,1-2H3. The van der Waals surface area contributed by atoms with Gasteiger partial charge in [-0.15, -0.1) is 0 Å². The summed E-state index contributed by atoms with van der Waals surface area (Å²) in [6.07, 6.45) is 6.56. The SMILES string of the molecule is CCC1CCCCN1C(=N)N(CCCN)c1ccc(OCc2ccc(S(C)(=O)=O)cc2)cc1. The van der Waals surface area contributed by atoms with Gasteiger partial charge < -0.3 is 20.3 Å². The minimum Gasteiger partial charge on any atom is -0.489 e. The van der Waals surface area contributed by atoms with Crippen LogP contribution in [-0.4, -0.2) is 51.2 Å². The summed E-state index contributed by atoms with van der Waals surface area (Å²) in [5.41, 5.74) is 7.63. The molecule has 0 radical (unpaired) electrons. The van der Waals surface area contributed by atoms with E-state index in [-0.39, 0.29) is 0 Å². The number of hydrogen-bond acceptors (Lipinski definition) is 5. The highest BCUT2D eigenvalue weighted by atomic mass is 32.2. The van der Waals surface area contributed by atoms with Crippen molar-refractivity contribution in [2.45, 2.75) is 56.6 Å². The summed E-state index contributed by atoms with van der Waals surface area (Å²) < 4.78 is 29.1. The lowest BCUT2D eigenvalue weighted by molar-refractivity contribution is 0.230. The van der Waals surface area contributed by atoms with E-state index in [1.807, 2.05) is 24.3 Å². The van der Waals surface area contributed by atoms with Crippen LogP contribution < -0.4 is 15.4 Å². The molecule has 1 aliphatic rings. The van der Waals surface area contributed by atoms with Gasteiger partial charge in [0.25, 0.3) is 0 Å². The molecule has 2 aromatic carbocycles. The molecular weight excluding hydrogens is 436 g/mol. The highest BCUT2D eigenvalue weighted by Crippen LogP contribution is 2.25. The molecule has 0 spiro atoms. The van der Waals surface area contributed by atoms with Gasteiger partial charge in [0.2, 0.25) is 0 Å².